The Morgan fingerprint density at radius 1 is 1.12 bits per heavy atom. The monoisotopic (exact) mass is 440 g/mol. The van der Waals surface area contributed by atoms with E-state index in [2.05, 4.69) is 60.6 Å². The van der Waals surface area contributed by atoms with Crippen LogP contribution in [-0.4, -0.2) is 27.0 Å². The van der Waals surface area contributed by atoms with Crippen molar-refractivity contribution < 1.29 is 14.6 Å². The number of aryl methyl sites for hydroxylation is 1. The second-order valence-electron chi connectivity index (χ2n) is 8.92. The number of hydrogen-bond donors (Lipinski definition) is 1. The molecule has 0 spiro atoms. The van der Waals surface area contributed by atoms with Gasteiger partial charge in [-0.15, -0.1) is 0 Å². The predicted octanol–water partition coefficient (Wildman–Crippen LogP) is 5.53. The zero-order valence-corrected chi connectivity index (χ0v) is 19.0. The molecule has 1 atom stereocenters. The first kappa shape index (κ1) is 21.3. The Bertz CT molecular complexity index is 1300. The molecule has 168 valence electrons. The summed E-state index contributed by atoms with van der Waals surface area (Å²) in [6.07, 6.45) is 4.27. The maximum atomic E-state index is 11.4. The molecule has 0 amide bonds. The highest BCUT2D eigenvalue weighted by molar-refractivity contribution is 5.86. The van der Waals surface area contributed by atoms with Crippen molar-refractivity contribution in [1.82, 2.24) is 9.78 Å². The van der Waals surface area contributed by atoms with Gasteiger partial charge in [-0.3, -0.25) is 9.48 Å². The van der Waals surface area contributed by atoms with Crippen molar-refractivity contribution in [2.75, 3.05) is 0 Å². The van der Waals surface area contributed by atoms with E-state index >= 15 is 0 Å². The summed E-state index contributed by atoms with van der Waals surface area (Å²) in [6.45, 7) is 4.65. The van der Waals surface area contributed by atoms with E-state index in [-0.39, 0.29) is 6.10 Å². The van der Waals surface area contributed by atoms with E-state index in [1.807, 2.05) is 23.0 Å². The molecule has 1 aliphatic rings. The second-order valence-corrected chi connectivity index (χ2v) is 8.92. The van der Waals surface area contributed by atoms with Gasteiger partial charge in [0.05, 0.1) is 17.6 Å². The quantitative estimate of drug-likeness (QED) is 0.410. The van der Waals surface area contributed by atoms with Crippen LogP contribution in [0.4, 0.5) is 0 Å². The zero-order valence-electron chi connectivity index (χ0n) is 19.0. The Hall–Kier alpha value is -3.60. The van der Waals surface area contributed by atoms with Crippen LogP contribution in [0.3, 0.4) is 0 Å². The average molecular weight is 441 g/mol. The maximum absolute atomic E-state index is 11.4. The summed E-state index contributed by atoms with van der Waals surface area (Å²) in [4.78, 5) is 11.4. The van der Waals surface area contributed by atoms with Crippen molar-refractivity contribution in [1.29, 1.82) is 0 Å². The van der Waals surface area contributed by atoms with E-state index in [1.54, 1.807) is 6.92 Å². The molecule has 5 nitrogen and oxygen atoms in total. The molecule has 5 heteroatoms. The van der Waals surface area contributed by atoms with E-state index in [0.29, 0.717) is 6.42 Å². The van der Waals surface area contributed by atoms with E-state index in [4.69, 9.17) is 4.74 Å². The Morgan fingerprint density at radius 2 is 1.88 bits per heavy atom. The Morgan fingerprint density at radius 3 is 2.58 bits per heavy atom. The number of rotatable bonds is 7. The third-order valence-electron chi connectivity index (χ3n) is 6.57. The van der Waals surface area contributed by atoms with Gasteiger partial charge in [-0.05, 0) is 59.9 Å². The minimum atomic E-state index is -0.783. The number of fused-ring (bicyclic) bond motifs is 2. The van der Waals surface area contributed by atoms with Gasteiger partial charge >= 0.3 is 5.97 Å². The van der Waals surface area contributed by atoms with Crippen LogP contribution in [0.25, 0.3) is 22.0 Å². The van der Waals surface area contributed by atoms with Gasteiger partial charge in [-0.1, -0.05) is 43.3 Å². The molecule has 0 fully saturated rings. The van der Waals surface area contributed by atoms with Crippen molar-refractivity contribution in [3.63, 3.8) is 0 Å². The number of hydrogen-bond acceptors (Lipinski definition) is 3. The van der Waals surface area contributed by atoms with Crippen LogP contribution < -0.4 is 4.74 Å². The normalized spacial score (nSPS) is 14.4. The SMILES string of the molecule is CCn1ncc2cc(-c3cc(CC(C)C(=O)O)ccc3OC3Cc4ccccc4C3)ccc21. The highest BCUT2D eigenvalue weighted by Crippen LogP contribution is 2.36. The molecule has 0 bridgehead atoms. The van der Waals surface area contributed by atoms with Gasteiger partial charge in [0.15, 0.2) is 0 Å². The summed E-state index contributed by atoms with van der Waals surface area (Å²) >= 11 is 0. The first-order chi connectivity index (χ1) is 16.0. The van der Waals surface area contributed by atoms with Gasteiger partial charge in [0.1, 0.15) is 11.9 Å². The topological polar surface area (TPSA) is 64.4 Å². The van der Waals surface area contributed by atoms with Crippen LogP contribution in [0, 0.1) is 5.92 Å². The standard InChI is InChI=1S/C28H28N2O3/c1-3-30-26-10-9-22(14-23(26)17-29-30)25-13-19(12-18(2)28(31)32)8-11-27(25)33-24-15-20-6-4-5-7-21(20)16-24/h4-11,13-14,17-18,24H,3,12,15-16H2,1-2H3,(H,31,32). The van der Waals surface area contributed by atoms with E-state index in [9.17, 15) is 9.90 Å². The molecule has 1 aliphatic carbocycles. The Labute approximate surface area is 193 Å². The fourth-order valence-corrected chi connectivity index (χ4v) is 4.76. The molecule has 1 unspecified atom stereocenters. The number of nitrogens with zero attached hydrogens (tertiary/aromatic N) is 2. The molecule has 5 rings (SSSR count). The second kappa shape index (κ2) is 8.74. The van der Waals surface area contributed by atoms with Crippen molar-refractivity contribution in [3.05, 3.63) is 83.6 Å². The molecule has 0 saturated carbocycles. The summed E-state index contributed by atoms with van der Waals surface area (Å²) in [6, 6.07) is 20.9. The minimum Gasteiger partial charge on any atom is -0.489 e. The summed E-state index contributed by atoms with van der Waals surface area (Å²) in [5.74, 6) is -0.394. The smallest absolute Gasteiger partial charge is 0.306 e. The summed E-state index contributed by atoms with van der Waals surface area (Å²) in [5.41, 5.74) is 6.84. The number of aliphatic carboxylic acids is 1. The zero-order chi connectivity index (χ0) is 22.9. The molecule has 4 aromatic rings. The highest BCUT2D eigenvalue weighted by atomic mass is 16.5. The van der Waals surface area contributed by atoms with Crippen LogP contribution in [0.2, 0.25) is 0 Å². The Balaban J connectivity index is 1.51. The third kappa shape index (κ3) is 4.23. The van der Waals surface area contributed by atoms with Crippen molar-refractivity contribution >= 4 is 16.9 Å². The van der Waals surface area contributed by atoms with Gasteiger partial charge in [0.2, 0.25) is 0 Å². The molecule has 3 aromatic carbocycles. The molecule has 0 radical (unpaired) electrons. The van der Waals surface area contributed by atoms with E-state index in [0.717, 1.165) is 52.7 Å². The maximum Gasteiger partial charge on any atom is 0.306 e. The average Bonchev–Trinajstić information content (AvgIpc) is 3.42. The van der Waals surface area contributed by atoms with Crippen LogP contribution in [0.1, 0.15) is 30.5 Å². The Kier molecular flexibility index (Phi) is 5.63. The van der Waals surface area contributed by atoms with Crippen LogP contribution in [-0.2, 0) is 30.6 Å². The largest absolute Gasteiger partial charge is 0.489 e. The molecule has 1 N–H and O–H groups in total. The highest BCUT2D eigenvalue weighted by Gasteiger charge is 2.24. The van der Waals surface area contributed by atoms with E-state index in [1.165, 1.54) is 11.1 Å². The van der Waals surface area contributed by atoms with Gasteiger partial charge in [-0.25, -0.2) is 0 Å². The first-order valence-electron chi connectivity index (χ1n) is 11.6. The lowest BCUT2D eigenvalue weighted by Crippen LogP contribution is -2.17. The van der Waals surface area contributed by atoms with Crippen LogP contribution in [0.15, 0.2) is 66.9 Å². The lowest BCUT2D eigenvalue weighted by Gasteiger charge is -2.18. The molecule has 33 heavy (non-hydrogen) atoms. The minimum absolute atomic E-state index is 0.0940. The first-order valence-corrected chi connectivity index (χ1v) is 11.6. The molecule has 1 aromatic heterocycles. The third-order valence-corrected chi connectivity index (χ3v) is 6.57. The number of carboxylic acid groups (broad SMARTS) is 1. The summed E-state index contributed by atoms with van der Waals surface area (Å²) < 4.78 is 8.54. The molecule has 0 aliphatic heterocycles. The number of aromatic nitrogens is 2. The van der Waals surface area contributed by atoms with Crippen LogP contribution >= 0.6 is 0 Å². The van der Waals surface area contributed by atoms with Crippen molar-refractivity contribution in [2.45, 2.75) is 45.8 Å². The molecule has 1 heterocycles. The molecular formula is C28H28N2O3. The molecular weight excluding hydrogens is 412 g/mol. The summed E-state index contributed by atoms with van der Waals surface area (Å²) in [7, 11) is 0. The van der Waals surface area contributed by atoms with Crippen LogP contribution in [0.5, 0.6) is 5.75 Å². The summed E-state index contributed by atoms with van der Waals surface area (Å²) in [5, 5.41) is 14.9. The fourth-order valence-electron chi connectivity index (χ4n) is 4.76. The van der Waals surface area contributed by atoms with Crippen molar-refractivity contribution in [3.8, 4) is 16.9 Å². The predicted molar refractivity (Wildman–Crippen MR) is 130 cm³/mol. The lowest BCUT2D eigenvalue weighted by molar-refractivity contribution is -0.141. The number of ether oxygens (including phenoxy) is 1. The lowest BCUT2D eigenvalue weighted by atomic mass is 9.95. The van der Waals surface area contributed by atoms with Gasteiger partial charge < -0.3 is 9.84 Å². The number of carbonyl (C=O) groups is 1. The van der Waals surface area contributed by atoms with Gasteiger partial charge in [0, 0.05) is 30.3 Å². The number of carboxylic acids is 1. The van der Waals surface area contributed by atoms with E-state index < -0.39 is 11.9 Å². The van der Waals surface area contributed by atoms with Crippen molar-refractivity contribution in [2.24, 2.45) is 5.92 Å². The number of benzene rings is 3. The van der Waals surface area contributed by atoms with Gasteiger partial charge in [0.25, 0.3) is 0 Å². The fraction of sp³-hybridized carbons (Fsp3) is 0.286. The van der Waals surface area contributed by atoms with Gasteiger partial charge in [-0.2, -0.15) is 5.10 Å². The molecule has 0 saturated heterocycles.